The number of ether oxygens (including phenoxy) is 2. The molecule has 0 saturated carbocycles. The van der Waals surface area contributed by atoms with Crippen LogP contribution in [0.1, 0.15) is 12.8 Å². The summed E-state index contributed by atoms with van der Waals surface area (Å²) in [4.78, 5) is 46.3. The van der Waals surface area contributed by atoms with Crippen LogP contribution in [-0.4, -0.2) is 55.1 Å². The molecule has 1 aliphatic heterocycles. The molecule has 2 amide bonds. The predicted octanol–water partition coefficient (Wildman–Crippen LogP) is 1.50. The number of carbonyl (C=O) groups is 4. The molecule has 0 atom stereocenters. The molecule has 20 heavy (non-hydrogen) atoms. The lowest BCUT2D eigenvalue weighted by atomic mass is 10.4. The summed E-state index contributed by atoms with van der Waals surface area (Å²) in [6.07, 6.45) is 2.45. The molecule has 0 unspecified atom stereocenters. The Morgan fingerprint density at radius 1 is 1.10 bits per heavy atom. The molecule has 116 valence electrons. The number of hydroxylamine groups is 2. The zero-order valence-electron chi connectivity index (χ0n) is 11.6. The van der Waals surface area contributed by atoms with E-state index >= 15 is 0 Å². The first kappa shape index (κ1) is 20.9. The summed E-state index contributed by atoms with van der Waals surface area (Å²) < 4.78 is 8.32. The minimum absolute atomic E-state index is 0.0792. The second kappa shape index (κ2) is 12.6. The van der Waals surface area contributed by atoms with E-state index in [-0.39, 0.29) is 18.1 Å². The van der Waals surface area contributed by atoms with Crippen LogP contribution in [0.25, 0.3) is 0 Å². The molecule has 8 nitrogen and oxygen atoms in total. The van der Waals surface area contributed by atoms with Crippen molar-refractivity contribution >= 4 is 47.7 Å². The molecule has 1 heterocycles. The lowest BCUT2D eigenvalue weighted by Gasteiger charge is -2.10. The van der Waals surface area contributed by atoms with Crippen LogP contribution >= 0.6 is 24.4 Å². The molecule has 0 radical (unpaired) electrons. The molecular formula is C10H17NO7S2. The van der Waals surface area contributed by atoms with Crippen LogP contribution < -0.4 is 0 Å². The molecule has 1 rings (SSSR count). The molecule has 0 aliphatic carbocycles. The molecule has 0 aromatic rings. The third-order valence-corrected chi connectivity index (χ3v) is 2.17. The van der Waals surface area contributed by atoms with E-state index in [0.29, 0.717) is 5.06 Å². The second-order valence-electron chi connectivity index (χ2n) is 2.79. The van der Waals surface area contributed by atoms with E-state index in [1.54, 1.807) is 12.5 Å². The van der Waals surface area contributed by atoms with Gasteiger partial charge < -0.3 is 9.47 Å². The van der Waals surface area contributed by atoms with Gasteiger partial charge in [0, 0.05) is 12.8 Å². The largest absolute Gasteiger partial charge is 0.533 e. The predicted molar refractivity (Wildman–Crippen MR) is 75.4 cm³/mol. The van der Waals surface area contributed by atoms with E-state index in [1.807, 2.05) is 0 Å². The monoisotopic (exact) mass is 327 g/mol. The van der Waals surface area contributed by atoms with Gasteiger partial charge in [0.15, 0.2) is 0 Å². The Balaban J connectivity index is 0. The average Bonchev–Trinajstić information content (AvgIpc) is 2.80. The molecule has 0 aromatic carbocycles. The van der Waals surface area contributed by atoms with E-state index < -0.39 is 18.0 Å². The van der Waals surface area contributed by atoms with Crippen molar-refractivity contribution in [1.82, 2.24) is 5.06 Å². The zero-order valence-corrected chi connectivity index (χ0v) is 13.3. The summed E-state index contributed by atoms with van der Waals surface area (Å²) >= 11 is 4.59. The molecule has 0 bridgehead atoms. The Kier molecular flexibility index (Phi) is 13.2. The van der Waals surface area contributed by atoms with Gasteiger partial charge in [0.2, 0.25) is 0 Å². The Labute approximate surface area is 126 Å². The highest BCUT2D eigenvalue weighted by Crippen LogP contribution is 2.12. The van der Waals surface area contributed by atoms with Crippen LogP contribution in [0.3, 0.4) is 0 Å². The van der Waals surface area contributed by atoms with Crippen molar-refractivity contribution in [2.45, 2.75) is 12.8 Å². The number of nitrogens with zero attached hydrogens (tertiary/aromatic N) is 1. The number of methoxy groups -OCH3 is 2. The van der Waals surface area contributed by atoms with Gasteiger partial charge in [-0.3, -0.25) is 14.4 Å². The maximum atomic E-state index is 10.8. The molecule has 0 aromatic heterocycles. The van der Waals surface area contributed by atoms with E-state index in [2.05, 4.69) is 26.9 Å². The number of hydrogen-bond donors (Lipinski definition) is 1. The summed E-state index contributed by atoms with van der Waals surface area (Å²) in [7, 11) is 2.45. The first-order chi connectivity index (χ1) is 9.46. The smallest absolute Gasteiger partial charge is 0.461 e. The fraction of sp³-hybridized carbons (Fsp3) is 0.600. The number of imide groups is 1. The molecule has 1 saturated heterocycles. The van der Waals surface area contributed by atoms with Crippen molar-refractivity contribution in [2.24, 2.45) is 0 Å². The van der Waals surface area contributed by atoms with Crippen molar-refractivity contribution in [3.8, 4) is 0 Å². The average molecular weight is 327 g/mol. The number of carbonyl (C=O) groups excluding carboxylic acids is 4. The zero-order chi connectivity index (χ0) is 16.1. The third kappa shape index (κ3) is 8.64. The minimum Gasteiger partial charge on any atom is -0.461 e. The van der Waals surface area contributed by atoms with Crippen molar-refractivity contribution in [3.05, 3.63) is 0 Å². The van der Waals surface area contributed by atoms with Crippen LogP contribution in [0, 0.1) is 0 Å². The number of thiol groups is 1. The minimum atomic E-state index is -1.07. The van der Waals surface area contributed by atoms with Gasteiger partial charge in [-0.05, 0) is 24.3 Å². The lowest BCUT2D eigenvalue weighted by Crippen LogP contribution is -2.31. The molecule has 0 spiro atoms. The summed E-state index contributed by atoms with van der Waals surface area (Å²) in [6, 6.07) is 0. The van der Waals surface area contributed by atoms with Crippen molar-refractivity contribution in [3.63, 3.8) is 0 Å². The van der Waals surface area contributed by atoms with Gasteiger partial charge >= 0.3 is 11.5 Å². The number of thioether (sulfide) groups is 1. The highest BCUT2D eigenvalue weighted by molar-refractivity contribution is 8.12. The van der Waals surface area contributed by atoms with Crippen molar-refractivity contribution < 1.29 is 33.5 Å². The van der Waals surface area contributed by atoms with Crippen molar-refractivity contribution in [1.29, 1.82) is 0 Å². The van der Waals surface area contributed by atoms with Crippen molar-refractivity contribution in [2.75, 3.05) is 26.7 Å². The molecule has 1 aliphatic rings. The number of rotatable bonds is 1. The standard InChI is InChI=1S/C6H7NO5.C3H6O2S.CH4S/c1-11-6(10)12-7-4(8)2-3-5(7)9;1-5-3(4)6-2;1-2/h2-3H2,1H3;1-2H3;2H,1H3. The van der Waals surface area contributed by atoms with Gasteiger partial charge in [-0.15, -0.1) is 0 Å². The maximum Gasteiger partial charge on any atom is 0.533 e. The van der Waals surface area contributed by atoms with E-state index in [0.717, 1.165) is 18.9 Å². The van der Waals surface area contributed by atoms with Gasteiger partial charge in [-0.2, -0.15) is 12.6 Å². The summed E-state index contributed by atoms with van der Waals surface area (Å²) in [5, 5.41) is 0.182. The SMILES string of the molecule is COC(=O)ON1C(=O)CCC1=O.COC(=O)SC.CS. The van der Waals surface area contributed by atoms with Crippen LogP contribution in [0.4, 0.5) is 9.59 Å². The topological polar surface area (TPSA) is 99.2 Å². The normalized spacial score (nSPS) is 12.6. The highest BCUT2D eigenvalue weighted by Gasteiger charge is 2.33. The van der Waals surface area contributed by atoms with Crippen LogP contribution in [0.15, 0.2) is 0 Å². The fourth-order valence-electron chi connectivity index (χ4n) is 0.853. The second-order valence-corrected chi connectivity index (χ2v) is 3.53. The van der Waals surface area contributed by atoms with Gasteiger partial charge in [0.05, 0.1) is 14.2 Å². The lowest BCUT2D eigenvalue weighted by molar-refractivity contribution is -0.176. The van der Waals surface area contributed by atoms with Gasteiger partial charge in [-0.25, -0.2) is 9.59 Å². The van der Waals surface area contributed by atoms with Crippen LogP contribution in [-0.2, 0) is 23.9 Å². The third-order valence-electron chi connectivity index (χ3n) is 1.67. The van der Waals surface area contributed by atoms with Crippen LogP contribution in [0.2, 0.25) is 0 Å². The van der Waals surface area contributed by atoms with E-state index in [4.69, 9.17) is 0 Å². The molecule has 10 heteroatoms. The summed E-state index contributed by atoms with van der Waals surface area (Å²) in [5.74, 6) is -1.05. The van der Waals surface area contributed by atoms with Crippen LogP contribution in [0.5, 0.6) is 0 Å². The van der Waals surface area contributed by atoms with E-state index in [9.17, 15) is 19.2 Å². The van der Waals surface area contributed by atoms with E-state index in [1.165, 1.54) is 7.11 Å². The molecule has 1 fully saturated rings. The number of hydrogen-bond acceptors (Lipinski definition) is 9. The molecular weight excluding hydrogens is 310 g/mol. The summed E-state index contributed by atoms with van der Waals surface area (Å²) in [6.45, 7) is 0. The quantitative estimate of drug-likeness (QED) is 0.439. The van der Waals surface area contributed by atoms with Gasteiger partial charge in [-0.1, -0.05) is 5.06 Å². The Hall–Kier alpha value is -1.42. The Morgan fingerprint density at radius 3 is 1.80 bits per heavy atom. The fourth-order valence-corrected chi connectivity index (χ4v) is 1.02. The van der Waals surface area contributed by atoms with Gasteiger partial charge in [0.1, 0.15) is 0 Å². The first-order valence-corrected chi connectivity index (χ1v) is 7.26. The molecule has 0 N–H and O–H groups in total. The maximum absolute atomic E-state index is 10.8. The highest BCUT2D eigenvalue weighted by atomic mass is 32.2. The number of amides is 2. The van der Waals surface area contributed by atoms with Gasteiger partial charge in [0.25, 0.3) is 11.8 Å². The Morgan fingerprint density at radius 2 is 1.55 bits per heavy atom. The Bertz CT molecular complexity index is 326. The summed E-state index contributed by atoms with van der Waals surface area (Å²) in [5.41, 5.74) is 0. The first-order valence-electron chi connectivity index (χ1n) is 5.14.